The van der Waals surface area contributed by atoms with Crippen LogP contribution in [0.1, 0.15) is 18.1 Å². The van der Waals surface area contributed by atoms with Gasteiger partial charge < -0.3 is 10.4 Å². The topological polar surface area (TPSA) is 50.1 Å². The summed E-state index contributed by atoms with van der Waals surface area (Å²) in [5.74, 6) is 0.298. The minimum Gasteiger partial charge on any atom is -0.508 e. The maximum atomic E-state index is 9.32. The Hall–Kier alpha value is -1.97. The summed E-state index contributed by atoms with van der Waals surface area (Å²) >= 11 is 0. The molecule has 4 nitrogen and oxygen atoms in total. The first-order valence-electron chi connectivity index (χ1n) is 5.74. The molecule has 0 unspecified atom stereocenters. The Labute approximate surface area is 101 Å². The number of benzene rings is 1. The molecule has 0 saturated carbocycles. The number of nitrogens with one attached hydrogen (secondary N) is 1. The van der Waals surface area contributed by atoms with Crippen molar-refractivity contribution in [2.75, 3.05) is 5.32 Å². The van der Waals surface area contributed by atoms with E-state index in [1.807, 2.05) is 30.1 Å². The number of nitrogens with zero attached hydrogens (tertiary/aromatic N) is 2. The third-order valence-electron chi connectivity index (χ3n) is 2.70. The van der Waals surface area contributed by atoms with E-state index >= 15 is 0 Å². The molecule has 0 amide bonds. The van der Waals surface area contributed by atoms with Crippen molar-refractivity contribution in [2.45, 2.75) is 26.9 Å². The molecule has 90 valence electrons. The van der Waals surface area contributed by atoms with Crippen LogP contribution in [0.3, 0.4) is 0 Å². The predicted molar refractivity (Wildman–Crippen MR) is 68.1 cm³/mol. The lowest BCUT2D eigenvalue weighted by Gasteiger charge is -2.08. The van der Waals surface area contributed by atoms with E-state index in [1.165, 1.54) is 0 Å². The fourth-order valence-electron chi connectivity index (χ4n) is 1.71. The molecule has 0 saturated heterocycles. The summed E-state index contributed by atoms with van der Waals surface area (Å²) < 4.78 is 1.90. The van der Waals surface area contributed by atoms with Crippen molar-refractivity contribution in [3.8, 4) is 5.75 Å². The summed E-state index contributed by atoms with van der Waals surface area (Å²) in [6.07, 6.45) is 3.90. The molecule has 17 heavy (non-hydrogen) atoms. The lowest BCUT2D eigenvalue weighted by Crippen LogP contribution is -2.00. The van der Waals surface area contributed by atoms with Crippen molar-refractivity contribution in [2.24, 2.45) is 0 Å². The molecule has 0 atom stereocenters. The van der Waals surface area contributed by atoms with Crippen LogP contribution in [0.25, 0.3) is 0 Å². The van der Waals surface area contributed by atoms with E-state index in [1.54, 1.807) is 12.1 Å². The highest BCUT2D eigenvalue weighted by Gasteiger charge is 2.01. The second kappa shape index (κ2) is 4.91. The molecule has 0 bridgehead atoms. The molecule has 2 N–H and O–H groups in total. The summed E-state index contributed by atoms with van der Waals surface area (Å²) in [5, 5.41) is 16.9. The average Bonchev–Trinajstić information content (AvgIpc) is 2.76. The van der Waals surface area contributed by atoms with E-state index in [4.69, 9.17) is 0 Å². The van der Waals surface area contributed by atoms with Gasteiger partial charge in [0, 0.05) is 30.5 Å². The number of anilines is 1. The molecular weight excluding hydrogens is 214 g/mol. The Morgan fingerprint density at radius 3 is 2.88 bits per heavy atom. The molecule has 0 spiro atoms. The van der Waals surface area contributed by atoms with Gasteiger partial charge in [0.05, 0.1) is 6.20 Å². The van der Waals surface area contributed by atoms with E-state index in [2.05, 4.69) is 17.3 Å². The standard InChI is InChI=1S/C13H17N3O/c1-3-16-9-11(8-15-16)7-14-13-5-4-12(17)6-10(13)2/h4-6,8-9,14,17H,3,7H2,1-2H3. The van der Waals surface area contributed by atoms with Gasteiger partial charge in [-0.2, -0.15) is 5.10 Å². The quantitative estimate of drug-likeness (QED) is 0.795. The number of rotatable bonds is 4. The van der Waals surface area contributed by atoms with Crippen molar-refractivity contribution in [1.29, 1.82) is 0 Å². The Kier molecular flexibility index (Phi) is 3.32. The van der Waals surface area contributed by atoms with Gasteiger partial charge in [-0.05, 0) is 37.6 Å². The summed E-state index contributed by atoms with van der Waals surface area (Å²) in [4.78, 5) is 0. The van der Waals surface area contributed by atoms with E-state index in [-0.39, 0.29) is 0 Å². The van der Waals surface area contributed by atoms with Crippen LogP contribution in [0.15, 0.2) is 30.6 Å². The highest BCUT2D eigenvalue weighted by molar-refractivity contribution is 5.53. The molecule has 2 rings (SSSR count). The van der Waals surface area contributed by atoms with Crippen molar-refractivity contribution in [1.82, 2.24) is 9.78 Å². The van der Waals surface area contributed by atoms with E-state index in [0.717, 1.165) is 29.9 Å². The van der Waals surface area contributed by atoms with Crippen LogP contribution in [0.4, 0.5) is 5.69 Å². The Morgan fingerprint density at radius 2 is 2.24 bits per heavy atom. The zero-order valence-corrected chi connectivity index (χ0v) is 10.1. The van der Waals surface area contributed by atoms with Gasteiger partial charge in [-0.25, -0.2) is 0 Å². The molecule has 0 aliphatic rings. The van der Waals surface area contributed by atoms with E-state index in [9.17, 15) is 5.11 Å². The molecule has 0 aliphatic heterocycles. The lowest BCUT2D eigenvalue weighted by atomic mass is 10.2. The summed E-state index contributed by atoms with van der Waals surface area (Å²) in [6, 6.07) is 5.32. The third kappa shape index (κ3) is 2.78. The largest absolute Gasteiger partial charge is 0.508 e. The number of aromatic nitrogens is 2. The normalized spacial score (nSPS) is 10.5. The maximum Gasteiger partial charge on any atom is 0.115 e. The lowest BCUT2D eigenvalue weighted by molar-refractivity contribution is 0.475. The predicted octanol–water partition coefficient (Wildman–Crippen LogP) is 2.53. The summed E-state index contributed by atoms with van der Waals surface area (Å²) in [7, 11) is 0. The van der Waals surface area contributed by atoms with Crippen LogP contribution in [-0.4, -0.2) is 14.9 Å². The molecule has 1 heterocycles. The van der Waals surface area contributed by atoms with Gasteiger partial charge in [-0.3, -0.25) is 4.68 Å². The fourth-order valence-corrected chi connectivity index (χ4v) is 1.71. The Morgan fingerprint density at radius 1 is 1.41 bits per heavy atom. The van der Waals surface area contributed by atoms with Crippen molar-refractivity contribution in [3.63, 3.8) is 0 Å². The first kappa shape index (κ1) is 11.5. The van der Waals surface area contributed by atoms with Crippen LogP contribution in [0.2, 0.25) is 0 Å². The van der Waals surface area contributed by atoms with Crippen molar-refractivity contribution >= 4 is 5.69 Å². The first-order chi connectivity index (χ1) is 8.19. The molecule has 4 heteroatoms. The zero-order chi connectivity index (χ0) is 12.3. The van der Waals surface area contributed by atoms with Gasteiger partial charge in [0.2, 0.25) is 0 Å². The minimum atomic E-state index is 0.298. The van der Waals surface area contributed by atoms with Crippen molar-refractivity contribution < 1.29 is 5.11 Å². The highest BCUT2D eigenvalue weighted by Crippen LogP contribution is 2.20. The van der Waals surface area contributed by atoms with Gasteiger partial charge in [-0.1, -0.05) is 0 Å². The van der Waals surface area contributed by atoms with Crippen LogP contribution < -0.4 is 5.32 Å². The van der Waals surface area contributed by atoms with Gasteiger partial charge in [-0.15, -0.1) is 0 Å². The second-order valence-electron chi connectivity index (χ2n) is 4.06. The highest BCUT2D eigenvalue weighted by atomic mass is 16.3. The van der Waals surface area contributed by atoms with Crippen LogP contribution in [0, 0.1) is 6.92 Å². The molecule has 0 aliphatic carbocycles. The third-order valence-corrected chi connectivity index (χ3v) is 2.70. The number of aryl methyl sites for hydroxylation is 2. The monoisotopic (exact) mass is 231 g/mol. The molecule has 0 radical (unpaired) electrons. The van der Waals surface area contributed by atoms with Crippen LogP contribution in [-0.2, 0) is 13.1 Å². The SMILES string of the molecule is CCn1cc(CNc2ccc(O)cc2C)cn1. The smallest absolute Gasteiger partial charge is 0.115 e. The molecular formula is C13H17N3O. The van der Waals surface area contributed by atoms with Crippen molar-refractivity contribution in [3.05, 3.63) is 41.7 Å². The minimum absolute atomic E-state index is 0.298. The van der Waals surface area contributed by atoms with Gasteiger partial charge in [0.25, 0.3) is 0 Å². The van der Waals surface area contributed by atoms with Crippen LogP contribution >= 0.6 is 0 Å². The number of phenols is 1. The maximum absolute atomic E-state index is 9.32. The second-order valence-corrected chi connectivity index (χ2v) is 4.06. The number of hydrogen-bond donors (Lipinski definition) is 2. The average molecular weight is 231 g/mol. The Balaban J connectivity index is 2.02. The molecule has 1 aromatic carbocycles. The Bertz CT molecular complexity index is 505. The number of hydrogen-bond acceptors (Lipinski definition) is 3. The summed E-state index contributed by atoms with van der Waals surface area (Å²) in [6.45, 7) is 5.66. The molecule has 1 aromatic heterocycles. The van der Waals surface area contributed by atoms with Crippen LogP contribution in [0.5, 0.6) is 5.75 Å². The van der Waals surface area contributed by atoms with Gasteiger partial charge in [0.15, 0.2) is 0 Å². The number of aromatic hydroxyl groups is 1. The number of phenolic OH excluding ortho intramolecular Hbond substituents is 1. The van der Waals surface area contributed by atoms with Gasteiger partial charge in [0.1, 0.15) is 5.75 Å². The zero-order valence-electron chi connectivity index (χ0n) is 10.1. The van der Waals surface area contributed by atoms with Gasteiger partial charge >= 0.3 is 0 Å². The summed E-state index contributed by atoms with van der Waals surface area (Å²) in [5.41, 5.74) is 3.22. The molecule has 0 fully saturated rings. The molecule has 2 aromatic rings. The first-order valence-corrected chi connectivity index (χ1v) is 5.74. The van der Waals surface area contributed by atoms with E-state index in [0.29, 0.717) is 5.75 Å². The fraction of sp³-hybridized carbons (Fsp3) is 0.308. The van der Waals surface area contributed by atoms with E-state index < -0.39 is 0 Å².